The van der Waals surface area contributed by atoms with Crippen molar-refractivity contribution in [2.24, 2.45) is 0 Å². The minimum absolute atomic E-state index is 0.398. The van der Waals surface area contributed by atoms with Gasteiger partial charge in [0, 0.05) is 6.54 Å². The summed E-state index contributed by atoms with van der Waals surface area (Å²) >= 11 is 0. The first kappa shape index (κ1) is 23.5. The van der Waals surface area contributed by atoms with Crippen molar-refractivity contribution in [3.05, 3.63) is 82.0 Å². The molecule has 178 valence electrons. The smallest absolute Gasteiger partial charge is 0.339 e. The van der Waals surface area contributed by atoms with Gasteiger partial charge in [-0.25, -0.2) is 4.79 Å². The Morgan fingerprint density at radius 1 is 1.00 bits per heavy atom. The molecule has 0 spiro atoms. The van der Waals surface area contributed by atoms with Crippen molar-refractivity contribution in [1.29, 1.82) is 0 Å². The number of unbranched alkanes of at least 4 members (excludes halogenated alkanes) is 2. The van der Waals surface area contributed by atoms with Crippen molar-refractivity contribution in [1.82, 2.24) is 15.0 Å². The van der Waals surface area contributed by atoms with Crippen LogP contribution in [-0.4, -0.2) is 21.6 Å². The lowest BCUT2D eigenvalue weighted by Gasteiger charge is -2.11. The third-order valence-electron chi connectivity index (χ3n) is 5.74. The second kappa shape index (κ2) is 11.0. The first-order chi connectivity index (χ1) is 16.5. The van der Waals surface area contributed by atoms with Crippen LogP contribution in [0.1, 0.15) is 55.8 Å². The number of para-hydroxylation sites is 1. The number of hydrogen-bond acceptors (Lipinski definition) is 6. The predicted molar refractivity (Wildman–Crippen MR) is 131 cm³/mol. The zero-order valence-electron chi connectivity index (χ0n) is 20.0. The minimum atomic E-state index is -0.401. The Morgan fingerprint density at radius 3 is 2.71 bits per heavy atom. The lowest BCUT2D eigenvalue weighted by Crippen LogP contribution is -2.04. The second-order valence-corrected chi connectivity index (χ2v) is 8.78. The topological polar surface area (TPSA) is 79.4 Å². The van der Waals surface area contributed by atoms with Gasteiger partial charge in [-0.15, -0.1) is 5.10 Å². The molecule has 0 aliphatic rings. The molecule has 4 aromatic rings. The number of aromatic nitrogens is 3. The number of hydrogen-bond donors (Lipinski definition) is 0. The Balaban J connectivity index is 1.20. The summed E-state index contributed by atoms with van der Waals surface area (Å²) in [5.41, 5.74) is 3.33. The molecule has 0 atom stereocenters. The summed E-state index contributed by atoms with van der Waals surface area (Å²) in [6.07, 6.45) is 4.75. The third-order valence-corrected chi connectivity index (χ3v) is 5.74. The molecule has 0 amide bonds. The van der Waals surface area contributed by atoms with Gasteiger partial charge in [0.1, 0.15) is 29.4 Å². The van der Waals surface area contributed by atoms with Crippen LogP contribution in [0.15, 0.2) is 63.9 Å². The van der Waals surface area contributed by atoms with E-state index >= 15 is 0 Å². The van der Waals surface area contributed by atoms with Crippen LogP contribution >= 0.6 is 0 Å². The molecule has 0 aliphatic heterocycles. The predicted octanol–water partition coefficient (Wildman–Crippen LogP) is 5.64. The van der Waals surface area contributed by atoms with E-state index in [1.54, 1.807) is 6.07 Å². The number of benzene rings is 2. The fourth-order valence-electron chi connectivity index (χ4n) is 3.73. The zero-order valence-corrected chi connectivity index (χ0v) is 20.0. The van der Waals surface area contributed by atoms with Gasteiger partial charge in [-0.2, -0.15) is 0 Å². The molecule has 2 aromatic carbocycles. The van der Waals surface area contributed by atoms with Crippen molar-refractivity contribution in [2.75, 3.05) is 6.61 Å². The Kier molecular flexibility index (Phi) is 7.62. The van der Waals surface area contributed by atoms with Gasteiger partial charge in [-0.1, -0.05) is 43.3 Å². The summed E-state index contributed by atoms with van der Waals surface area (Å²) in [6, 6.07) is 15.2. The van der Waals surface area contributed by atoms with E-state index in [4.69, 9.17) is 13.9 Å². The van der Waals surface area contributed by atoms with E-state index < -0.39 is 5.63 Å². The van der Waals surface area contributed by atoms with Gasteiger partial charge in [-0.05, 0) is 61.4 Å². The van der Waals surface area contributed by atoms with Crippen LogP contribution in [0.2, 0.25) is 0 Å². The highest BCUT2D eigenvalue weighted by atomic mass is 16.5. The van der Waals surface area contributed by atoms with Crippen LogP contribution in [0.5, 0.6) is 11.5 Å². The second-order valence-electron chi connectivity index (χ2n) is 8.78. The van der Waals surface area contributed by atoms with Crippen molar-refractivity contribution in [3.8, 4) is 11.5 Å². The fraction of sp³-hybridized carbons (Fsp3) is 0.370. The van der Waals surface area contributed by atoms with Crippen LogP contribution < -0.4 is 15.1 Å². The SMILES string of the molecule is Cc1ccc(C(C)C)cc1OCc1cn(CCCCCOc2cc(=O)oc3ccccc23)nn1. The summed E-state index contributed by atoms with van der Waals surface area (Å²) in [5.74, 6) is 1.92. The molecule has 4 rings (SSSR count). The average Bonchev–Trinajstić information content (AvgIpc) is 3.28. The van der Waals surface area contributed by atoms with Gasteiger partial charge in [0.2, 0.25) is 0 Å². The Bertz CT molecular complexity index is 1290. The first-order valence-electron chi connectivity index (χ1n) is 11.8. The standard InChI is InChI=1S/C27H31N3O4/c1-19(2)21-12-11-20(3)25(15-21)33-18-22-17-30(29-28-22)13-7-4-8-14-32-26-16-27(31)34-24-10-6-5-9-23(24)26/h5-6,9-12,15-17,19H,4,7-8,13-14,18H2,1-3H3. The van der Waals surface area contributed by atoms with E-state index in [-0.39, 0.29) is 0 Å². The molecule has 0 fully saturated rings. The van der Waals surface area contributed by atoms with Crippen LogP contribution in [-0.2, 0) is 13.2 Å². The molecule has 0 radical (unpaired) electrons. The van der Waals surface area contributed by atoms with E-state index in [1.165, 1.54) is 11.6 Å². The summed E-state index contributed by atoms with van der Waals surface area (Å²) in [6.45, 7) is 8.12. The van der Waals surface area contributed by atoms with Gasteiger partial charge in [0.25, 0.3) is 0 Å². The van der Waals surface area contributed by atoms with Crippen LogP contribution in [0.25, 0.3) is 11.0 Å². The highest BCUT2D eigenvalue weighted by Crippen LogP contribution is 2.25. The Hall–Kier alpha value is -3.61. The van der Waals surface area contributed by atoms with Gasteiger partial charge in [-0.3, -0.25) is 4.68 Å². The maximum atomic E-state index is 11.7. The van der Waals surface area contributed by atoms with Crippen LogP contribution in [0, 0.1) is 6.92 Å². The molecule has 0 N–H and O–H groups in total. The van der Waals surface area contributed by atoms with Crippen LogP contribution in [0.4, 0.5) is 0 Å². The highest BCUT2D eigenvalue weighted by molar-refractivity contribution is 5.82. The van der Waals surface area contributed by atoms with E-state index in [9.17, 15) is 4.79 Å². The monoisotopic (exact) mass is 461 g/mol. The Labute approximate surface area is 199 Å². The molecule has 0 saturated heterocycles. The molecule has 34 heavy (non-hydrogen) atoms. The summed E-state index contributed by atoms with van der Waals surface area (Å²) in [7, 11) is 0. The molecule has 0 bridgehead atoms. The summed E-state index contributed by atoms with van der Waals surface area (Å²) < 4.78 is 18.9. The average molecular weight is 462 g/mol. The quantitative estimate of drug-likeness (QED) is 0.212. The molecule has 0 unspecified atom stereocenters. The maximum absolute atomic E-state index is 11.7. The molecule has 2 heterocycles. The summed E-state index contributed by atoms with van der Waals surface area (Å²) in [4.78, 5) is 11.7. The summed E-state index contributed by atoms with van der Waals surface area (Å²) in [5, 5.41) is 9.26. The van der Waals surface area contributed by atoms with Crippen LogP contribution in [0.3, 0.4) is 0 Å². The van der Waals surface area contributed by atoms with Crippen molar-refractivity contribution >= 4 is 11.0 Å². The van der Waals surface area contributed by atoms with Gasteiger partial charge < -0.3 is 13.9 Å². The number of nitrogens with zero attached hydrogens (tertiary/aromatic N) is 3. The molecule has 0 aliphatic carbocycles. The number of fused-ring (bicyclic) bond motifs is 1. The van der Waals surface area contributed by atoms with Crippen molar-refractivity contribution in [2.45, 2.75) is 59.1 Å². The number of aryl methyl sites for hydroxylation is 2. The fourth-order valence-corrected chi connectivity index (χ4v) is 3.73. The molecule has 0 saturated carbocycles. The van der Waals surface area contributed by atoms with E-state index in [1.807, 2.05) is 29.1 Å². The molecular weight excluding hydrogens is 430 g/mol. The molecule has 2 aromatic heterocycles. The lowest BCUT2D eigenvalue weighted by atomic mass is 10.0. The molecule has 7 heteroatoms. The minimum Gasteiger partial charge on any atom is -0.493 e. The molecule has 7 nitrogen and oxygen atoms in total. The normalized spacial score (nSPS) is 11.3. The number of ether oxygens (including phenoxy) is 2. The van der Waals surface area contributed by atoms with Gasteiger partial charge in [0.15, 0.2) is 0 Å². The highest BCUT2D eigenvalue weighted by Gasteiger charge is 2.08. The zero-order chi connectivity index (χ0) is 23.9. The van der Waals surface area contributed by atoms with E-state index in [2.05, 4.69) is 49.3 Å². The maximum Gasteiger partial charge on any atom is 0.339 e. The Morgan fingerprint density at radius 2 is 1.85 bits per heavy atom. The lowest BCUT2D eigenvalue weighted by molar-refractivity contribution is 0.298. The third kappa shape index (κ3) is 6.04. The van der Waals surface area contributed by atoms with E-state index in [0.717, 1.165) is 48.2 Å². The first-order valence-corrected chi connectivity index (χ1v) is 11.8. The van der Waals surface area contributed by atoms with E-state index in [0.29, 0.717) is 30.5 Å². The van der Waals surface area contributed by atoms with Gasteiger partial charge in [0.05, 0.1) is 24.3 Å². The van der Waals surface area contributed by atoms with Gasteiger partial charge >= 0.3 is 5.63 Å². The molecular formula is C27H31N3O4. The largest absolute Gasteiger partial charge is 0.493 e. The van der Waals surface area contributed by atoms with Crippen molar-refractivity contribution < 1.29 is 13.9 Å². The number of rotatable bonds is 11. The van der Waals surface area contributed by atoms with Crippen molar-refractivity contribution in [3.63, 3.8) is 0 Å².